The summed E-state index contributed by atoms with van der Waals surface area (Å²) in [4.78, 5) is 11.1. The maximum absolute atomic E-state index is 11.1. The highest BCUT2D eigenvalue weighted by Gasteiger charge is 2.00. The number of aliphatic hydroxyl groups excluding tert-OH is 1. The van der Waals surface area contributed by atoms with Gasteiger partial charge in [0.2, 0.25) is 5.91 Å². The van der Waals surface area contributed by atoms with Crippen molar-refractivity contribution < 1.29 is 9.90 Å². The monoisotopic (exact) mass is 216 g/mol. The first-order chi connectivity index (χ1) is 7.20. The largest absolute Gasteiger partial charge is 0.396 e. The Kier molecular flexibility index (Phi) is 9.52. The molecule has 90 valence electrons. The van der Waals surface area contributed by atoms with E-state index in [9.17, 15) is 4.79 Å². The molecule has 1 atom stereocenters. The number of nitrogens with one attached hydrogen (secondary N) is 2. The van der Waals surface area contributed by atoms with Crippen LogP contribution in [0.4, 0.5) is 0 Å². The molecule has 0 heterocycles. The topological polar surface area (TPSA) is 61.4 Å². The number of aliphatic hydroxyl groups is 1. The quantitative estimate of drug-likeness (QED) is 0.492. The van der Waals surface area contributed by atoms with E-state index in [1.165, 1.54) is 0 Å². The highest BCUT2D eigenvalue weighted by atomic mass is 16.3. The second-order valence-electron chi connectivity index (χ2n) is 3.96. The zero-order chi connectivity index (χ0) is 11.5. The average molecular weight is 216 g/mol. The lowest BCUT2D eigenvalue weighted by Crippen LogP contribution is -2.34. The molecule has 0 bridgehead atoms. The predicted molar refractivity (Wildman–Crippen MR) is 61.7 cm³/mol. The van der Waals surface area contributed by atoms with Crippen LogP contribution in [0.2, 0.25) is 0 Å². The van der Waals surface area contributed by atoms with E-state index < -0.39 is 0 Å². The van der Waals surface area contributed by atoms with E-state index in [1.54, 1.807) is 0 Å². The highest BCUT2D eigenvalue weighted by molar-refractivity contribution is 5.77. The molecule has 0 rings (SSSR count). The lowest BCUT2D eigenvalue weighted by atomic mass is 10.1. The Labute approximate surface area is 92.4 Å². The Bertz CT molecular complexity index is 163. The normalized spacial score (nSPS) is 12.5. The molecule has 0 radical (unpaired) electrons. The van der Waals surface area contributed by atoms with Crippen LogP contribution >= 0.6 is 0 Å². The average Bonchev–Trinajstić information content (AvgIpc) is 2.25. The second-order valence-corrected chi connectivity index (χ2v) is 3.96. The van der Waals surface area contributed by atoms with Crippen molar-refractivity contribution >= 4 is 5.91 Å². The van der Waals surface area contributed by atoms with Crippen LogP contribution in [-0.4, -0.2) is 37.3 Å². The third kappa shape index (κ3) is 9.69. The molecular weight excluding hydrogens is 192 g/mol. The summed E-state index contributed by atoms with van der Waals surface area (Å²) in [6.07, 6.45) is 2.97. The van der Waals surface area contributed by atoms with Gasteiger partial charge in [-0.1, -0.05) is 13.8 Å². The van der Waals surface area contributed by atoms with Crippen molar-refractivity contribution in [1.82, 2.24) is 10.6 Å². The molecule has 0 aromatic heterocycles. The summed E-state index contributed by atoms with van der Waals surface area (Å²) in [7, 11) is 0. The minimum absolute atomic E-state index is 0.0621. The van der Waals surface area contributed by atoms with Gasteiger partial charge in [-0.3, -0.25) is 4.79 Å². The number of rotatable bonds is 9. The van der Waals surface area contributed by atoms with E-state index in [-0.39, 0.29) is 12.5 Å². The Hall–Kier alpha value is -0.610. The summed E-state index contributed by atoms with van der Waals surface area (Å²) < 4.78 is 0. The Morgan fingerprint density at radius 3 is 2.73 bits per heavy atom. The van der Waals surface area contributed by atoms with E-state index in [1.807, 2.05) is 13.8 Å². The number of carbonyl (C=O) groups is 1. The van der Waals surface area contributed by atoms with Gasteiger partial charge in [-0.15, -0.1) is 0 Å². The fourth-order valence-electron chi connectivity index (χ4n) is 1.20. The summed E-state index contributed by atoms with van der Waals surface area (Å²) in [5.74, 6) is 0.424. The van der Waals surface area contributed by atoms with E-state index in [4.69, 9.17) is 5.11 Å². The minimum atomic E-state index is 0.0621. The Morgan fingerprint density at radius 1 is 1.40 bits per heavy atom. The van der Waals surface area contributed by atoms with Crippen molar-refractivity contribution in [2.75, 3.05) is 26.2 Å². The van der Waals surface area contributed by atoms with E-state index >= 15 is 0 Å². The molecular formula is C11H24N2O2. The van der Waals surface area contributed by atoms with Crippen LogP contribution in [0.1, 0.15) is 33.1 Å². The zero-order valence-electron chi connectivity index (χ0n) is 9.88. The van der Waals surface area contributed by atoms with Crippen molar-refractivity contribution in [3.05, 3.63) is 0 Å². The number of hydrogen-bond acceptors (Lipinski definition) is 3. The number of hydrogen-bond donors (Lipinski definition) is 3. The molecule has 4 nitrogen and oxygen atoms in total. The molecule has 4 heteroatoms. The molecule has 0 aliphatic heterocycles. The van der Waals surface area contributed by atoms with Gasteiger partial charge in [0, 0.05) is 13.2 Å². The summed E-state index contributed by atoms with van der Waals surface area (Å²) >= 11 is 0. The van der Waals surface area contributed by atoms with Gasteiger partial charge in [-0.25, -0.2) is 0 Å². The van der Waals surface area contributed by atoms with Crippen molar-refractivity contribution in [2.24, 2.45) is 5.92 Å². The summed E-state index contributed by atoms with van der Waals surface area (Å²) in [6.45, 7) is 6.29. The summed E-state index contributed by atoms with van der Waals surface area (Å²) in [5, 5.41) is 14.7. The van der Waals surface area contributed by atoms with Gasteiger partial charge in [0.1, 0.15) is 0 Å². The van der Waals surface area contributed by atoms with E-state index in [0.29, 0.717) is 12.5 Å². The number of amides is 1. The highest BCUT2D eigenvalue weighted by Crippen LogP contribution is 2.02. The van der Waals surface area contributed by atoms with E-state index in [2.05, 4.69) is 10.6 Å². The lowest BCUT2D eigenvalue weighted by Gasteiger charge is -2.08. The lowest BCUT2D eigenvalue weighted by molar-refractivity contribution is -0.120. The fraction of sp³-hybridized carbons (Fsp3) is 0.909. The van der Waals surface area contributed by atoms with Crippen LogP contribution in [-0.2, 0) is 4.79 Å². The van der Waals surface area contributed by atoms with Crippen molar-refractivity contribution in [3.63, 3.8) is 0 Å². The van der Waals surface area contributed by atoms with Crippen molar-refractivity contribution in [3.8, 4) is 0 Å². The van der Waals surface area contributed by atoms with E-state index in [0.717, 1.165) is 32.4 Å². The maximum atomic E-state index is 11.1. The first-order valence-corrected chi connectivity index (χ1v) is 5.79. The van der Waals surface area contributed by atoms with Gasteiger partial charge in [-0.2, -0.15) is 0 Å². The van der Waals surface area contributed by atoms with Gasteiger partial charge in [0.25, 0.3) is 0 Å². The Morgan fingerprint density at radius 2 is 2.13 bits per heavy atom. The summed E-state index contributed by atoms with van der Waals surface area (Å²) in [5.41, 5.74) is 0. The molecule has 0 saturated carbocycles. The molecule has 1 amide bonds. The molecule has 0 aliphatic carbocycles. The minimum Gasteiger partial charge on any atom is -0.396 e. The van der Waals surface area contributed by atoms with Gasteiger partial charge in [0.05, 0.1) is 6.54 Å². The first kappa shape index (κ1) is 14.4. The molecule has 0 spiro atoms. The van der Waals surface area contributed by atoms with Gasteiger partial charge < -0.3 is 15.7 Å². The van der Waals surface area contributed by atoms with Crippen LogP contribution < -0.4 is 10.6 Å². The molecule has 0 aromatic rings. The van der Waals surface area contributed by atoms with Crippen LogP contribution in [0.25, 0.3) is 0 Å². The first-order valence-electron chi connectivity index (χ1n) is 5.79. The standard InChI is InChI=1S/C11H24N2O2/c1-3-6-13-11(15)8-12-7-4-5-10(2)9-14/h10,12,14H,3-9H2,1-2H3,(H,13,15). The molecule has 3 N–H and O–H groups in total. The maximum Gasteiger partial charge on any atom is 0.233 e. The fourth-order valence-corrected chi connectivity index (χ4v) is 1.20. The zero-order valence-corrected chi connectivity index (χ0v) is 9.88. The third-order valence-corrected chi connectivity index (χ3v) is 2.22. The van der Waals surface area contributed by atoms with Gasteiger partial charge in [-0.05, 0) is 31.7 Å². The van der Waals surface area contributed by atoms with Crippen LogP contribution in [0.5, 0.6) is 0 Å². The molecule has 15 heavy (non-hydrogen) atoms. The molecule has 0 aliphatic rings. The smallest absolute Gasteiger partial charge is 0.233 e. The van der Waals surface area contributed by atoms with Crippen LogP contribution in [0.3, 0.4) is 0 Å². The molecule has 0 aromatic carbocycles. The summed E-state index contributed by atoms with van der Waals surface area (Å²) in [6, 6.07) is 0. The van der Waals surface area contributed by atoms with Crippen LogP contribution in [0.15, 0.2) is 0 Å². The van der Waals surface area contributed by atoms with Crippen molar-refractivity contribution in [1.29, 1.82) is 0 Å². The van der Waals surface area contributed by atoms with Gasteiger partial charge in [0.15, 0.2) is 0 Å². The van der Waals surface area contributed by atoms with Gasteiger partial charge >= 0.3 is 0 Å². The van der Waals surface area contributed by atoms with Crippen molar-refractivity contribution in [2.45, 2.75) is 33.1 Å². The second kappa shape index (κ2) is 9.93. The SMILES string of the molecule is CCCNC(=O)CNCCCC(C)CO. The Balaban J connectivity index is 3.19. The number of carbonyl (C=O) groups excluding carboxylic acids is 1. The molecule has 1 unspecified atom stereocenters. The predicted octanol–water partition coefficient (Wildman–Crippen LogP) is 0.511. The van der Waals surface area contributed by atoms with Crippen LogP contribution in [0, 0.1) is 5.92 Å². The third-order valence-electron chi connectivity index (χ3n) is 2.22. The molecule has 0 fully saturated rings. The molecule has 0 saturated heterocycles.